The standard InChI is InChI=1S/C23H18N4O8/c1-30-16-5-10-12(8-18(16)32-3)24-20(34-22(10)28)14-7-15(27-26-14)21-25-13-9-19(33-4)17(31-2)6-11(13)23(29)35-21/h5-9H,1-4H3,(H,26,27). The molecule has 0 unspecified atom stereocenters. The van der Waals surface area contributed by atoms with Crippen molar-refractivity contribution in [3.8, 4) is 46.2 Å². The van der Waals surface area contributed by atoms with Crippen LogP contribution in [0.2, 0.25) is 0 Å². The van der Waals surface area contributed by atoms with E-state index in [9.17, 15) is 9.59 Å². The summed E-state index contributed by atoms with van der Waals surface area (Å²) in [6.07, 6.45) is 0. The summed E-state index contributed by atoms with van der Waals surface area (Å²) in [7, 11) is 5.88. The predicted molar refractivity (Wildman–Crippen MR) is 123 cm³/mol. The summed E-state index contributed by atoms with van der Waals surface area (Å²) >= 11 is 0. The molecule has 0 amide bonds. The number of rotatable bonds is 6. The van der Waals surface area contributed by atoms with Crippen LogP contribution in [0.25, 0.3) is 45.0 Å². The Kier molecular flexibility index (Phi) is 5.32. The molecular weight excluding hydrogens is 460 g/mol. The van der Waals surface area contributed by atoms with E-state index in [1.165, 1.54) is 46.6 Å². The Hall–Kier alpha value is -4.87. The summed E-state index contributed by atoms with van der Waals surface area (Å²) in [6.45, 7) is 0. The third-order valence-corrected chi connectivity index (χ3v) is 5.29. The smallest absolute Gasteiger partial charge is 0.347 e. The third-order valence-electron chi connectivity index (χ3n) is 5.29. The Labute approximate surface area is 196 Å². The van der Waals surface area contributed by atoms with E-state index in [1.54, 1.807) is 12.1 Å². The lowest BCUT2D eigenvalue weighted by molar-refractivity contribution is 0.355. The molecule has 0 atom stereocenters. The highest BCUT2D eigenvalue weighted by molar-refractivity contribution is 5.84. The quantitative estimate of drug-likeness (QED) is 0.383. The molecule has 0 aliphatic heterocycles. The van der Waals surface area contributed by atoms with Gasteiger partial charge in [-0.2, -0.15) is 5.10 Å². The number of hydrogen-bond acceptors (Lipinski definition) is 11. The van der Waals surface area contributed by atoms with Crippen molar-refractivity contribution in [2.24, 2.45) is 0 Å². The molecule has 0 bridgehead atoms. The monoisotopic (exact) mass is 478 g/mol. The Morgan fingerprint density at radius 1 is 0.657 bits per heavy atom. The molecule has 12 heteroatoms. The van der Waals surface area contributed by atoms with Gasteiger partial charge in [-0.05, 0) is 0 Å². The first-order valence-corrected chi connectivity index (χ1v) is 10.2. The van der Waals surface area contributed by atoms with E-state index in [0.717, 1.165) is 0 Å². The van der Waals surface area contributed by atoms with Gasteiger partial charge in [0.2, 0.25) is 5.89 Å². The van der Waals surface area contributed by atoms with Crippen LogP contribution in [0.3, 0.4) is 0 Å². The third kappa shape index (κ3) is 3.70. The highest BCUT2D eigenvalue weighted by atomic mass is 16.5. The molecule has 12 nitrogen and oxygen atoms in total. The molecule has 0 saturated heterocycles. The van der Waals surface area contributed by atoms with E-state index in [2.05, 4.69) is 20.2 Å². The molecule has 0 spiro atoms. The minimum atomic E-state index is -0.632. The van der Waals surface area contributed by atoms with E-state index < -0.39 is 11.3 Å². The number of aromatic nitrogens is 4. The van der Waals surface area contributed by atoms with Gasteiger partial charge in [-0.1, -0.05) is 0 Å². The van der Waals surface area contributed by atoms with Crippen LogP contribution >= 0.6 is 0 Å². The van der Waals surface area contributed by atoms with Gasteiger partial charge in [-0.25, -0.2) is 19.6 Å². The van der Waals surface area contributed by atoms with Gasteiger partial charge in [-0.3, -0.25) is 5.10 Å². The molecule has 3 aromatic heterocycles. The molecule has 5 rings (SSSR count). The normalized spacial score (nSPS) is 11.1. The van der Waals surface area contributed by atoms with Crippen LogP contribution < -0.4 is 30.2 Å². The highest BCUT2D eigenvalue weighted by Crippen LogP contribution is 2.32. The second-order valence-electron chi connectivity index (χ2n) is 7.23. The van der Waals surface area contributed by atoms with Gasteiger partial charge in [0.15, 0.2) is 23.0 Å². The second kappa shape index (κ2) is 8.48. The highest BCUT2D eigenvalue weighted by Gasteiger charge is 2.18. The Morgan fingerprint density at radius 3 is 1.63 bits per heavy atom. The molecule has 0 saturated carbocycles. The lowest BCUT2D eigenvalue weighted by Crippen LogP contribution is -2.04. The van der Waals surface area contributed by atoms with Crippen molar-refractivity contribution in [2.75, 3.05) is 28.4 Å². The predicted octanol–water partition coefficient (Wildman–Crippen LogP) is 2.78. The zero-order chi connectivity index (χ0) is 24.7. The maximum atomic E-state index is 12.6. The van der Waals surface area contributed by atoms with Crippen LogP contribution in [0, 0.1) is 0 Å². The van der Waals surface area contributed by atoms with Crippen molar-refractivity contribution < 1.29 is 27.8 Å². The maximum Gasteiger partial charge on any atom is 0.347 e. The molecule has 2 aromatic carbocycles. The minimum absolute atomic E-state index is 0.0250. The second-order valence-corrected chi connectivity index (χ2v) is 7.23. The van der Waals surface area contributed by atoms with Crippen LogP contribution in [0.15, 0.2) is 48.8 Å². The number of H-pyrrole nitrogens is 1. The first kappa shape index (κ1) is 21.9. The van der Waals surface area contributed by atoms with Crippen LogP contribution in [-0.2, 0) is 0 Å². The molecule has 178 valence electrons. The number of nitrogens with one attached hydrogen (secondary N) is 1. The van der Waals surface area contributed by atoms with Crippen molar-refractivity contribution >= 4 is 21.8 Å². The number of fused-ring (bicyclic) bond motifs is 2. The molecule has 0 radical (unpaired) electrons. The fourth-order valence-electron chi connectivity index (χ4n) is 3.56. The topological polar surface area (TPSA) is 152 Å². The van der Waals surface area contributed by atoms with Gasteiger partial charge in [-0.15, -0.1) is 0 Å². The zero-order valence-electron chi connectivity index (χ0n) is 19.0. The number of ether oxygens (including phenoxy) is 4. The lowest BCUT2D eigenvalue weighted by atomic mass is 10.2. The molecule has 5 aromatic rings. The minimum Gasteiger partial charge on any atom is -0.493 e. The van der Waals surface area contributed by atoms with E-state index in [1.807, 2.05) is 0 Å². The van der Waals surface area contributed by atoms with Crippen molar-refractivity contribution in [2.45, 2.75) is 0 Å². The summed E-state index contributed by atoms with van der Waals surface area (Å²) in [5.41, 5.74) is -0.127. The number of benzene rings is 2. The zero-order valence-corrected chi connectivity index (χ0v) is 19.0. The average Bonchev–Trinajstić information content (AvgIpc) is 3.37. The maximum absolute atomic E-state index is 12.6. The molecule has 35 heavy (non-hydrogen) atoms. The Bertz CT molecular complexity index is 1580. The number of methoxy groups -OCH3 is 4. The van der Waals surface area contributed by atoms with Gasteiger partial charge >= 0.3 is 11.3 Å². The molecule has 0 aliphatic carbocycles. The fourth-order valence-corrected chi connectivity index (χ4v) is 3.56. The summed E-state index contributed by atoms with van der Waals surface area (Å²) in [6, 6.07) is 7.61. The largest absolute Gasteiger partial charge is 0.493 e. The van der Waals surface area contributed by atoms with Gasteiger partial charge in [0.05, 0.1) is 50.2 Å². The summed E-state index contributed by atoms with van der Waals surface area (Å²) in [5.74, 6) is 1.48. The van der Waals surface area contributed by atoms with E-state index in [4.69, 9.17) is 27.8 Å². The van der Waals surface area contributed by atoms with E-state index in [0.29, 0.717) is 34.0 Å². The molecular formula is C23H18N4O8. The lowest BCUT2D eigenvalue weighted by Gasteiger charge is -2.08. The van der Waals surface area contributed by atoms with Gasteiger partial charge < -0.3 is 27.8 Å². The Morgan fingerprint density at radius 2 is 1.11 bits per heavy atom. The molecule has 1 N–H and O–H groups in total. The fraction of sp³-hybridized carbons (Fsp3) is 0.174. The first-order valence-electron chi connectivity index (χ1n) is 10.2. The number of nitrogens with zero attached hydrogens (tertiary/aromatic N) is 3. The van der Waals surface area contributed by atoms with E-state index in [-0.39, 0.29) is 33.9 Å². The molecule has 0 fully saturated rings. The van der Waals surface area contributed by atoms with Crippen molar-refractivity contribution in [1.82, 2.24) is 20.2 Å². The molecule has 0 aliphatic rings. The van der Waals surface area contributed by atoms with Crippen LogP contribution in [0.1, 0.15) is 0 Å². The van der Waals surface area contributed by atoms with Crippen molar-refractivity contribution in [1.29, 1.82) is 0 Å². The summed E-state index contributed by atoms with van der Waals surface area (Å²) < 4.78 is 31.8. The van der Waals surface area contributed by atoms with Gasteiger partial charge in [0.25, 0.3) is 5.89 Å². The summed E-state index contributed by atoms with van der Waals surface area (Å²) in [4.78, 5) is 33.9. The molecule has 3 heterocycles. The van der Waals surface area contributed by atoms with Gasteiger partial charge in [0, 0.05) is 30.3 Å². The van der Waals surface area contributed by atoms with Crippen LogP contribution in [-0.4, -0.2) is 48.6 Å². The average molecular weight is 478 g/mol. The summed E-state index contributed by atoms with van der Waals surface area (Å²) in [5, 5.41) is 7.30. The van der Waals surface area contributed by atoms with Crippen molar-refractivity contribution in [3.63, 3.8) is 0 Å². The van der Waals surface area contributed by atoms with Crippen molar-refractivity contribution in [3.05, 3.63) is 51.2 Å². The van der Waals surface area contributed by atoms with Crippen LogP contribution in [0.4, 0.5) is 0 Å². The number of hydrogen-bond donors (Lipinski definition) is 1. The SMILES string of the molecule is COc1cc2nc(-c3cc(-c4nc5cc(OC)c(OC)cc5c(=O)o4)[nH]n3)oc(=O)c2cc1OC. The number of aromatic amines is 1. The Balaban J connectivity index is 1.59. The first-order chi connectivity index (χ1) is 16.9. The van der Waals surface area contributed by atoms with Gasteiger partial charge in [0.1, 0.15) is 11.4 Å². The van der Waals surface area contributed by atoms with Crippen LogP contribution in [0.5, 0.6) is 23.0 Å². The van der Waals surface area contributed by atoms with E-state index >= 15 is 0 Å².